The van der Waals surface area contributed by atoms with Crippen LogP contribution in [0.1, 0.15) is 26.7 Å². The molecule has 0 aliphatic heterocycles. The lowest BCUT2D eigenvalue weighted by Gasteiger charge is -2.03. The van der Waals surface area contributed by atoms with Crippen molar-refractivity contribution >= 4 is 5.97 Å². The second kappa shape index (κ2) is 6.85. The molecule has 0 saturated heterocycles. The minimum Gasteiger partial charge on any atom is -0.463 e. The number of hydrogen-bond acceptors (Lipinski definition) is 3. The molecule has 3 heteroatoms. The minimum absolute atomic E-state index is 0.263. The standard InChI is InChI=1S/C9H17NO2/c1-3-5-6-8(7-10)9(11)12-4-2/h6H,3-5,7,10H2,1-2H3. The van der Waals surface area contributed by atoms with Crippen LogP contribution in [0.15, 0.2) is 11.6 Å². The maximum absolute atomic E-state index is 11.1. The number of carbonyl (C=O) groups excluding carboxylic acids is 1. The highest BCUT2D eigenvalue weighted by atomic mass is 16.5. The molecular weight excluding hydrogens is 154 g/mol. The van der Waals surface area contributed by atoms with Gasteiger partial charge in [0, 0.05) is 12.1 Å². The van der Waals surface area contributed by atoms with Crippen LogP contribution in [-0.4, -0.2) is 19.1 Å². The number of carbonyl (C=O) groups is 1. The average molecular weight is 171 g/mol. The van der Waals surface area contributed by atoms with Crippen molar-refractivity contribution in [3.05, 3.63) is 11.6 Å². The number of hydrogen-bond donors (Lipinski definition) is 1. The van der Waals surface area contributed by atoms with Crippen molar-refractivity contribution in [2.45, 2.75) is 26.7 Å². The molecule has 2 N–H and O–H groups in total. The summed E-state index contributed by atoms with van der Waals surface area (Å²) in [6.07, 6.45) is 3.74. The Morgan fingerprint density at radius 2 is 2.17 bits per heavy atom. The highest BCUT2D eigenvalue weighted by molar-refractivity contribution is 5.88. The SMILES string of the molecule is CCCC=C(CN)C(=O)OCC. The van der Waals surface area contributed by atoms with Crippen LogP contribution in [0, 0.1) is 0 Å². The third-order valence-corrected chi connectivity index (χ3v) is 1.44. The molecule has 0 fully saturated rings. The average Bonchev–Trinajstić information content (AvgIpc) is 2.06. The van der Waals surface area contributed by atoms with Crippen molar-refractivity contribution in [1.29, 1.82) is 0 Å². The fraction of sp³-hybridized carbons (Fsp3) is 0.667. The van der Waals surface area contributed by atoms with Crippen LogP contribution in [0.5, 0.6) is 0 Å². The van der Waals surface area contributed by atoms with Crippen LogP contribution in [0.2, 0.25) is 0 Å². The zero-order chi connectivity index (χ0) is 9.40. The maximum Gasteiger partial charge on any atom is 0.334 e. The van der Waals surface area contributed by atoms with Crippen molar-refractivity contribution in [2.24, 2.45) is 5.73 Å². The summed E-state index contributed by atoms with van der Waals surface area (Å²) >= 11 is 0. The number of allylic oxidation sites excluding steroid dienone is 1. The van der Waals surface area contributed by atoms with E-state index in [4.69, 9.17) is 10.5 Å². The van der Waals surface area contributed by atoms with Crippen molar-refractivity contribution in [1.82, 2.24) is 0 Å². The first-order valence-electron chi connectivity index (χ1n) is 4.32. The first-order valence-corrected chi connectivity index (χ1v) is 4.32. The Bertz CT molecular complexity index is 164. The van der Waals surface area contributed by atoms with E-state index < -0.39 is 0 Å². The predicted octanol–water partition coefficient (Wildman–Crippen LogP) is 1.23. The number of nitrogens with two attached hydrogens (primary N) is 1. The van der Waals surface area contributed by atoms with Gasteiger partial charge in [-0.1, -0.05) is 19.4 Å². The summed E-state index contributed by atoms with van der Waals surface area (Å²) in [6.45, 7) is 4.50. The lowest BCUT2D eigenvalue weighted by atomic mass is 10.2. The van der Waals surface area contributed by atoms with Crippen LogP contribution in [-0.2, 0) is 9.53 Å². The molecule has 0 aromatic rings. The van der Waals surface area contributed by atoms with E-state index in [2.05, 4.69) is 6.92 Å². The van der Waals surface area contributed by atoms with E-state index >= 15 is 0 Å². The lowest BCUT2D eigenvalue weighted by molar-refractivity contribution is -0.138. The summed E-state index contributed by atoms with van der Waals surface area (Å²) in [6, 6.07) is 0. The maximum atomic E-state index is 11.1. The highest BCUT2D eigenvalue weighted by Gasteiger charge is 2.06. The second-order valence-electron chi connectivity index (χ2n) is 2.44. The zero-order valence-corrected chi connectivity index (χ0v) is 7.80. The molecule has 0 spiro atoms. The van der Waals surface area contributed by atoms with Gasteiger partial charge in [-0.2, -0.15) is 0 Å². The van der Waals surface area contributed by atoms with Gasteiger partial charge in [0.1, 0.15) is 0 Å². The zero-order valence-electron chi connectivity index (χ0n) is 7.80. The Morgan fingerprint density at radius 3 is 2.58 bits per heavy atom. The van der Waals surface area contributed by atoms with E-state index in [0.29, 0.717) is 12.2 Å². The van der Waals surface area contributed by atoms with Gasteiger partial charge in [-0.3, -0.25) is 0 Å². The van der Waals surface area contributed by atoms with Gasteiger partial charge in [0.15, 0.2) is 0 Å². The van der Waals surface area contributed by atoms with Crippen LogP contribution in [0.3, 0.4) is 0 Å². The van der Waals surface area contributed by atoms with E-state index in [1.165, 1.54) is 0 Å². The Kier molecular flexibility index (Phi) is 6.38. The van der Waals surface area contributed by atoms with Crippen LogP contribution in [0.4, 0.5) is 0 Å². The third-order valence-electron chi connectivity index (χ3n) is 1.44. The third kappa shape index (κ3) is 4.13. The molecule has 0 aromatic heterocycles. The van der Waals surface area contributed by atoms with Gasteiger partial charge < -0.3 is 10.5 Å². The van der Waals surface area contributed by atoms with Crippen LogP contribution in [0.25, 0.3) is 0 Å². The smallest absolute Gasteiger partial charge is 0.334 e. The number of rotatable bonds is 5. The number of ether oxygens (including phenoxy) is 1. The summed E-state index contributed by atoms with van der Waals surface area (Å²) in [7, 11) is 0. The Hall–Kier alpha value is -0.830. The fourth-order valence-electron chi connectivity index (χ4n) is 0.792. The Balaban J connectivity index is 4.04. The number of esters is 1. The van der Waals surface area contributed by atoms with E-state index in [0.717, 1.165) is 12.8 Å². The van der Waals surface area contributed by atoms with Crippen LogP contribution >= 0.6 is 0 Å². The van der Waals surface area contributed by atoms with E-state index in [1.807, 2.05) is 6.08 Å². The van der Waals surface area contributed by atoms with Gasteiger partial charge in [0.2, 0.25) is 0 Å². The quantitative estimate of drug-likeness (QED) is 0.500. The first kappa shape index (κ1) is 11.2. The largest absolute Gasteiger partial charge is 0.463 e. The monoisotopic (exact) mass is 171 g/mol. The molecule has 12 heavy (non-hydrogen) atoms. The van der Waals surface area contributed by atoms with Gasteiger partial charge in [0.25, 0.3) is 0 Å². The van der Waals surface area contributed by atoms with Crippen molar-refractivity contribution in [2.75, 3.05) is 13.2 Å². The molecule has 0 radical (unpaired) electrons. The van der Waals surface area contributed by atoms with E-state index in [1.54, 1.807) is 6.92 Å². The van der Waals surface area contributed by atoms with Crippen LogP contribution < -0.4 is 5.73 Å². The summed E-state index contributed by atoms with van der Waals surface area (Å²) in [4.78, 5) is 11.1. The van der Waals surface area contributed by atoms with Gasteiger partial charge in [-0.25, -0.2) is 4.79 Å². The second-order valence-corrected chi connectivity index (χ2v) is 2.44. The fourth-order valence-corrected chi connectivity index (χ4v) is 0.792. The topological polar surface area (TPSA) is 52.3 Å². The normalized spacial score (nSPS) is 11.4. The summed E-state index contributed by atoms with van der Waals surface area (Å²) in [5.41, 5.74) is 5.96. The molecule has 0 heterocycles. The molecule has 0 aliphatic carbocycles. The molecule has 0 bridgehead atoms. The Labute approximate surface area is 73.6 Å². The van der Waals surface area contributed by atoms with E-state index in [9.17, 15) is 4.79 Å². The molecule has 3 nitrogen and oxygen atoms in total. The molecule has 0 saturated carbocycles. The molecular formula is C9H17NO2. The summed E-state index contributed by atoms with van der Waals surface area (Å²) < 4.78 is 4.80. The van der Waals surface area contributed by atoms with Crippen molar-refractivity contribution in [3.63, 3.8) is 0 Å². The van der Waals surface area contributed by atoms with Crippen molar-refractivity contribution in [3.8, 4) is 0 Å². The number of unbranched alkanes of at least 4 members (excludes halogenated alkanes) is 1. The molecule has 70 valence electrons. The van der Waals surface area contributed by atoms with Crippen molar-refractivity contribution < 1.29 is 9.53 Å². The van der Waals surface area contributed by atoms with Gasteiger partial charge in [-0.05, 0) is 13.3 Å². The van der Waals surface area contributed by atoms with Gasteiger partial charge >= 0.3 is 5.97 Å². The summed E-state index contributed by atoms with van der Waals surface area (Å²) in [5, 5.41) is 0. The molecule has 0 aromatic carbocycles. The Morgan fingerprint density at radius 1 is 1.50 bits per heavy atom. The van der Waals surface area contributed by atoms with Gasteiger partial charge in [-0.15, -0.1) is 0 Å². The molecule has 0 aliphatic rings. The van der Waals surface area contributed by atoms with Gasteiger partial charge in [0.05, 0.1) is 6.61 Å². The molecule has 0 amide bonds. The highest BCUT2D eigenvalue weighted by Crippen LogP contribution is 2.00. The minimum atomic E-state index is -0.284. The molecule has 0 rings (SSSR count). The first-order chi connectivity index (χ1) is 5.76. The summed E-state index contributed by atoms with van der Waals surface area (Å²) in [5.74, 6) is -0.284. The van der Waals surface area contributed by atoms with E-state index in [-0.39, 0.29) is 12.5 Å². The predicted molar refractivity (Wildman–Crippen MR) is 48.7 cm³/mol. The molecule has 0 unspecified atom stereocenters. The molecule has 0 atom stereocenters. The lowest BCUT2D eigenvalue weighted by Crippen LogP contribution is -2.15.